The summed E-state index contributed by atoms with van der Waals surface area (Å²) in [6, 6.07) is 6.68. The van der Waals surface area contributed by atoms with Crippen LogP contribution in [0.25, 0.3) is 10.9 Å². The lowest BCUT2D eigenvalue weighted by Crippen LogP contribution is -2.33. The summed E-state index contributed by atoms with van der Waals surface area (Å²) in [5.74, 6) is 0.671. The smallest absolute Gasteiger partial charge is 0.266 e. The van der Waals surface area contributed by atoms with Crippen molar-refractivity contribution in [2.24, 2.45) is 5.92 Å². The first-order valence-electron chi connectivity index (χ1n) is 11.6. The number of aromatic nitrogens is 2. The lowest BCUT2D eigenvalue weighted by molar-refractivity contribution is -0.133. The topological polar surface area (TPSA) is 76.6 Å². The summed E-state index contributed by atoms with van der Waals surface area (Å²) in [4.78, 5) is 22.6. The monoisotopic (exact) mass is 504 g/mol. The molecule has 0 aliphatic carbocycles. The van der Waals surface area contributed by atoms with Gasteiger partial charge in [-0.25, -0.2) is 23.1 Å². The third-order valence-corrected chi connectivity index (χ3v) is 5.76. The molecule has 0 fully saturated rings. The molecule has 0 unspecified atom stereocenters. The second kappa shape index (κ2) is 11.5. The van der Waals surface area contributed by atoms with Crippen LogP contribution in [-0.2, 0) is 4.79 Å². The number of carbonyl (C=O) groups excluding carboxylic acids is 1. The molecule has 0 saturated carbocycles. The summed E-state index contributed by atoms with van der Waals surface area (Å²) in [6.07, 6.45) is -2.92. The quantitative estimate of drug-likeness (QED) is 0.382. The molecule has 0 aliphatic heterocycles. The van der Waals surface area contributed by atoms with E-state index in [0.717, 1.165) is 6.07 Å². The first-order valence-corrected chi connectivity index (χ1v) is 11.6. The van der Waals surface area contributed by atoms with Crippen molar-refractivity contribution in [2.45, 2.75) is 40.2 Å². The predicted molar refractivity (Wildman–Crippen MR) is 132 cm³/mol. The molecule has 1 N–H and O–H groups in total. The molecule has 3 rings (SSSR count). The van der Waals surface area contributed by atoms with Crippen LogP contribution in [0.1, 0.15) is 50.2 Å². The highest BCUT2D eigenvalue weighted by Crippen LogP contribution is 2.36. The number of methoxy groups -OCH3 is 1. The number of anilines is 1. The van der Waals surface area contributed by atoms with E-state index in [0.29, 0.717) is 40.6 Å². The zero-order chi connectivity index (χ0) is 26.6. The number of fused-ring (bicyclic) bond motifs is 1. The number of halogens is 3. The van der Waals surface area contributed by atoms with E-state index in [1.54, 1.807) is 37.9 Å². The van der Waals surface area contributed by atoms with Gasteiger partial charge in [-0.15, -0.1) is 0 Å². The van der Waals surface area contributed by atoms with E-state index >= 15 is 0 Å². The number of hydrogen-bond acceptors (Lipinski definition) is 6. The Labute approximate surface area is 208 Å². The zero-order valence-electron chi connectivity index (χ0n) is 21.2. The van der Waals surface area contributed by atoms with Gasteiger partial charge in [0.1, 0.15) is 24.1 Å². The van der Waals surface area contributed by atoms with Gasteiger partial charge < -0.3 is 19.7 Å². The minimum Gasteiger partial charge on any atom is -0.493 e. The minimum absolute atomic E-state index is 0.0107. The largest absolute Gasteiger partial charge is 0.493 e. The number of ether oxygens (including phenoxy) is 2. The number of benzene rings is 2. The molecule has 0 aliphatic rings. The third-order valence-electron chi connectivity index (χ3n) is 5.76. The summed E-state index contributed by atoms with van der Waals surface area (Å²) in [5.41, 5.74) is 0.0154. The highest BCUT2D eigenvalue weighted by molar-refractivity contribution is 5.92. The Morgan fingerprint density at radius 2 is 1.81 bits per heavy atom. The van der Waals surface area contributed by atoms with Crippen LogP contribution in [0.3, 0.4) is 0 Å². The molecule has 1 atom stereocenters. The summed E-state index contributed by atoms with van der Waals surface area (Å²) >= 11 is 0. The standard InChI is InChI=1S/C26H31F3N4O3/c1-14(2)26(34)33(5)10-11-36-22-12-19-20(13-21(22)35-6)31-16(4)32-25(19)30-15(3)17-8-7-9-18(23(17)27)24(28)29/h7-9,12-15,24H,10-11H2,1-6H3,(H,30,31,32)/t15-/m1/s1. The van der Waals surface area contributed by atoms with Gasteiger partial charge in [-0.3, -0.25) is 4.79 Å². The second-order valence-corrected chi connectivity index (χ2v) is 8.82. The van der Waals surface area contributed by atoms with E-state index in [1.165, 1.54) is 19.2 Å². The van der Waals surface area contributed by atoms with Gasteiger partial charge in [0.2, 0.25) is 5.91 Å². The lowest BCUT2D eigenvalue weighted by Gasteiger charge is -2.21. The molecule has 2 aromatic carbocycles. The van der Waals surface area contributed by atoms with Gasteiger partial charge in [-0.05, 0) is 19.9 Å². The number of nitrogens with one attached hydrogen (secondary N) is 1. The molecule has 1 amide bonds. The lowest BCUT2D eigenvalue weighted by atomic mass is 10.0. The third kappa shape index (κ3) is 5.98. The molecule has 1 heterocycles. The molecule has 3 aromatic rings. The number of aryl methyl sites for hydroxylation is 1. The average molecular weight is 505 g/mol. The van der Waals surface area contributed by atoms with Crippen molar-refractivity contribution in [3.05, 3.63) is 53.1 Å². The Bertz CT molecular complexity index is 1240. The second-order valence-electron chi connectivity index (χ2n) is 8.82. The first-order chi connectivity index (χ1) is 17.0. The Morgan fingerprint density at radius 1 is 1.11 bits per heavy atom. The zero-order valence-corrected chi connectivity index (χ0v) is 21.2. The minimum atomic E-state index is -2.92. The van der Waals surface area contributed by atoms with Crippen molar-refractivity contribution >= 4 is 22.6 Å². The number of hydrogen-bond donors (Lipinski definition) is 1. The molecule has 194 valence electrons. The molecule has 0 spiro atoms. The summed E-state index contributed by atoms with van der Waals surface area (Å²) in [5, 5.41) is 3.71. The predicted octanol–water partition coefficient (Wildman–Crippen LogP) is 5.69. The Morgan fingerprint density at radius 3 is 2.44 bits per heavy atom. The SMILES string of the molecule is COc1cc2nc(C)nc(N[C@H](C)c3cccc(C(F)F)c3F)c2cc1OCCN(C)C(=O)C(C)C. The molecule has 0 saturated heterocycles. The molecule has 0 bridgehead atoms. The van der Waals surface area contributed by atoms with E-state index in [4.69, 9.17) is 9.47 Å². The van der Waals surface area contributed by atoms with E-state index in [-0.39, 0.29) is 24.0 Å². The fourth-order valence-electron chi connectivity index (χ4n) is 3.83. The van der Waals surface area contributed by atoms with Gasteiger partial charge in [0.15, 0.2) is 11.5 Å². The number of rotatable bonds is 10. The van der Waals surface area contributed by atoms with E-state index in [1.807, 2.05) is 13.8 Å². The molecule has 10 heteroatoms. The average Bonchev–Trinajstić information content (AvgIpc) is 2.82. The van der Waals surface area contributed by atoms with Crippen molar-refractivity contribution in [3.63, 3.8) is 0 Å². The normalized spacial score (nSPS) is 12.2. The fourth-order valence-corrected chi connectivity index (χ4v) is 3.83. The van der Waals surface area contributed by atoms with Crippen LogP contribution >= 0.6 is 0 Å². The van der Waals surface area contributed by atoms with Crippen LogP contribution in [-0.4, -0.2) is 48.1 Å². The molecule has 36 heavy (non-hydrogen) atoms. The summed E-state index contributed by atoms with van der Waals surface area (Å²) in [6.45, 7) is 7.66. The Balaban J connectivity index is 1.92. The number of amides is 1. The number of alkyl halides is 2. The van der Waals surface area contributed by atoms with Gasteiger partial charge in [0.05, 0.1) is 30.8 Å². The van der Waals surface area contributed by atoms with Crippen molar-refractivity contribution < 1.29 is 27.4 Å². The van der Waals surface area contributed by atoms with Crippen molar-refractivity contribution in [1.29, 1.82) is 0 Å². The maximum atomic E-state index is 14.7. The van der Waals surface area contributed by atoms with Crippen LogP contribution in [0, 0.1) is 18.7 Å². The summed E-state index contributed by atoms with van der Waals surface area (Å²) in [7, 11) is 3.22. The van der Waals surface area contributed by atoms with Crippen LogP contribution < -0.4 is 14.8 Å². The van der Waals surface area contributed by atoms with Crippen LogP contribution in [0.2, 0.25) is 0 Å². The molecule has 0 radical (unpaired) electrons. The number of carbonyl (C=O) groups is 1. The maximum absolute atomic E-state index is 14.7. The van der Waals surface area contributed by atoms with Crippen LogP contribution in [0.5, 0.6) is 11.5 Å². The van der Waals surface area contributed by atoms with Crippen LogP contribution in [0.4, 0.5) is 19.0 Å². The van der Waals surface area contributed by atoms with Crippen LogP contribution in [0.15, 0.2) is 30.3 Å². The van der Waals surface area contributed by atoms with Gasteiger partial charge in [-0.2, -0.15) is 0 Å². The molecular weight excluding hydrogens is 473 g/mol. The summed E-state index contributed by atoms with van der Waals surface area (Å²) < 4.78 is 52.5. The van der Waals surface area contributed by atoms with Gasteiger partial charge in [-0.1, -0.05) is 32.0 Å². The fraction of sp³-hybridized carbons (Fsp3) is 0.423. The highest BCUT2D eigenvalue weighted by Gasteiger charge is 2.21. The highest BCUT2D eigenvalue weighted by atomic mass is 19.3. The maximum Gasteiger partial charge on any atom is 0.266 e. The van der Waals surface area contributed by atoms with Gasteiger partial charge in [0.25, 0.3) is 6.43 Å². The van der Waals surface area contributed by atoms with E-state index in [9.17, 15) is 18.0 Å². The number of likely N-dealkylation sites (N-methyl/N-ethyl adjacent to an activating group) is 1. The van der Waals surface area contributed by atoms with Gasteiger partial charge in [0, 0.05) is 30.0 Å². The Kier molecular flexibility index (Phi) is 8.60. The molecule has 7 nitrogen and oxygen atoms in total. The van der Waals surface area contributed by atoms with Gasteiger partial charge >= 0.3 is 0 Å². The van der Waals surface area contributed by atoms with Crippen molar-refractivity contribution in [3.8, 4) is 11.5 Å². The molecular formula is C26H31F3N4O3. The van der Waals surface area contributed by atoms with E-state index < -0.39 is 23.8 Å². The van der Waals surface area contributed by atoms with E-state index in [2.05, 4.69) is 15.3 Å². The first kappa shape index (κ1) is 27.0. The Hall–Kier alpha value is -3.56. The number of nitrogens with zero attached hydrogens (tertiary/aromatic N) is 3. The van der Waals surface area contributed by atoms with Crippen molar-refractivity contribution in [1.82, 2.24) is 14.9 Å². The molecule has 1 aromatic heterocycles. The van der Waals surface area contributed by atoms with Crippen molar-refractivity contribution in [2.75, 3.05) is 32.6 Å².